The molecule has 1 aliphatic rings. The van der Waals surface area contributed by atoms with Gasteiger partial charge < -0.3 is 16.0 Å². The van der Waals surface area contributed by atoms with Crippen LogP contribution < -0.4 is 11.1 Å². The number of nitrogens with zero attached hydrogens (tertiary/aromatic N) is 2. The Hall–Kier alpha value is -1.56. The Labute approximate surface area is 159 Å². The Morgan fingerprint density at radius 2 is 2.24 bits per heavy atom. The van der Waals surface area contributed by atoms with Crippen molar-refractivity contribution < 1.29 is 4.79 Å². The van der Waals surface area contributed by atoms with E-state index in [2.05, 4.69) is 63.2 Å². The maximum atomic E-state index is 11.2. The Morgan fingerprint density at radius 3 is 2.88 bits per heavy atom. The van der Waals surface area contributed by atoms with E-state index in [1.807, 2.05) is 13.1 Å². The number of likely N-dealkylation sites (tertiary alicyclic amines) is 1. The van der Waals surface area contributed by atoms with Gasteiger partial charge in [-0.1, -0.05) is 41.9 Å². The number of guanidine groups is 1. The number of nitrogens with two attached hydrogens (primary N) is 1. The molecule has 0 bridgehead atoms. The van der Waals surface area contributed by atoms with E-state index in [-0.39, 0.29) is 11.3 Å². The van der Waals surface area contributed by atoms with Crippen molar-refractivity contribution in [2.75, 3.05) is 26.7 Å². The fourth-order valence-corrected chi connectivity index (χ4v) is 3.75. The molecule has 1 amide bonds. The molecular weight excluding hydrogens is 380 g/mol. The van der Waals surface area contributed by atoms with E-state index in [1.54, 1.807) is 0 Å². The van der Waals surface area contributed by atoms with Crippen molar-refractivity contribution in [2.45, 2.75) is 38.5 Å². The van der Waals surface area contributed by atoms with Crippen LogP contribution in [-0.2, 0) is 10.2 Å². The van der Waals surface area contributed by atoms with Crippen molar-refractivity contribution in [1.29, 1.82) is 0 Å². The maximum Gasteiger partial charge on any atom is 0.217 e. The normalized spacial score (nSPS) is 19.0. The smallest absolute Gasteiger partial charge is 0.217 e. The number of piperidine rings is 1. The third-order valence-electron chi connectivity index (χ3n) is 4.81. The molecule has 1 fully saturated rings. The van der Waals surface area contributed by atoms with E-state index in [9.17, 15) is 4.79 Å². The molecule has 1 heterocycles. The fraction of sp³-hybridized carbons (Fsp3) is 0.579. The minimum absolute atomic E-state index is 0.0257. The summed E-state index contributed by atoms with van der Waals surface area (Å²) in [6.07, 6.45) is 2.57. The highest BCUT2D eigenvalue weighted by molar-refractivity contribution is 9.10. The van der Waals surface area contributed by atoms with Crippen LogP contribution in [0.1, 0.15) is 38.7 Å². The molecule has 138 valence electrons. The minimum Gasteiger partial charge on any atom is -0.370 e. The zero-order valence-electron chi connectivity index (χ0n) is 15.4. The molecule has 1 aromatic rings. The number of hydrogen-bond donors (Lipinski definition) is 2. The highest BCUT2D eigenvalue weighted by atomic mass is 79.9. The third-order valence-corrected chi connectivity index (χ3v) is 5.31. The molecule has 0 aliphatic carbocycles. The van der Waals surface area contributed by atoms with Crippen LogP contribution in [0.5, 0.6) is 0 Å². The van der Waals surface area contributed by atoms with Crippen LogP contribution in [0, 0.1) is 5.92 Å². The summed E-state index contributed by atoms with van der Waals surface area (Å²) < 4.78 is 1.09. The summed E-state index contributed by atoms with van der Waals surface area (Å²) >= 11 is 3.55. The van der Waals surface area contributed by atoms with Crippen LogP contribution in [-0.4, -0.2) is 43.4 Å². The number of rotatable bonds is 5. The first-order valence-corrected chi connectivity index (χ1v) is 9.61. The molecule has 1 aromatic carbocycles. The lowest BCUT2D eigenvalue weighted by Gasteiger charge is -2.36. The lowest BCUT2D eigenvalue weighted by Crippen LogP contribution is -2.49. The van der Waals surface area contributed by atoms with Crippen LogP contribution in [0.4, 0.5) is 0 Å². The molecule has 6 heteroatoms. The third kappa shape index (κ3) is 5.73. The van der Waals surface area contributed by atoms with E-state index in [1.165, 1.54) is 5.56 Å². The Bertz CT molecular complexity index is 630. The number of carbonyl (C=O) groups excluding carboxylic acids is 1. The summed E-state index contributed by atoms with van der Waals surface area (Å²) in [5, 5.41) is 3.52. The van der Waals surface area contributed by atoms with E-state index < -0.39 is 0 Å². The van der Waals surface area contributed by atoms with E-state index in [0.717, 1.165) is 42.9 Å². The number of hydrogen-bond acceptors (Lipinski definition) is 2. The summed E-state index contributed by atoms with van der Waals surface area (Å²) in [6, 6.07) is 8.42. The molecule has 0 spiro atoms. The van der Waals surface area contributed by atoms with Crippen molar-refractivity contribution in [3.05, 3.63) is 34.3 Å². The number of amides is 1. The quantitative estimate of drug-likeness (QED) is 0.580. The van der Waals surface area contributed by atoms with E-state index in [4.69, 9.17) is 5.73 Å². The van der Waals surface area contributed by atoms with Gasteiger partial charge >= 0.3 is 0 Å². The van der Waals surface area contributed by atoms with Crippen molar-refractivity contribution in [3.8, 4) is 0 Å². The summed E-state index contributed by atoms with van der Waals surface area (Å²) in [5.41, 5.74) is 6.61. The standard InChI is InChI=1S/C19H29BrN4O/c1-19(2,15-7-4-8-16(20)11-15)13-23-18(22-3)24-9-5-6-14(12-24)10-17(21)25/h4,7-8,11,14H,5-6,9-10,12-13H2,1-3H3,(H2,21,25)(H,22,23). The first kappa shape index (κ1) is 19.8. The van der Waals surface area contributed by atoms with Gasteiger partial charge in [0, 0.05) is 43.0 Å². The SMILES string of the molecule is CN=C(NCC(C)(C)c1cccc(Br)c1)N1CCCC(CC(N)=O)C1. The monoisotopic (exact) mass is 408 g/mol. The Balaban J connectivity index is 1.98. The summed E-state index contributed by atoms with van der Waals surface area (Å²) in [6.45, 7) is 7.03. The summed E-state index contributed by atoms with van der Waals surface area (Å²) in [4.78, 5) is 17.9. The second-order valence-corrected chi connectivity index (χ2v) is 8.34. The predicted octanol–water partition coefficient (Wildman–Crippen LogP) is 2.89. The second kappa shape index (κ2) is 8.70. The largest absolute Gasteiger partial charge is 0.370 e. The molecule has 1 saturated heterocycles. The Morgan fingerprint density at radius 1 is 1.48 bits per heavy atom. The first-order valence-electron chi connectivity index (χ1n) is 8.82. The number of nitrogens with one attached hydrogen (secondary N) is 1. The van der Waals surface area contributed by atoms with Crippen molar-refractivity contribution >= 4 is 27.8 Å². The number of aliphatic imine (C=N–C) groups is 1. The van der Waals surface area contributed by atoms with E-state index in [0.29, 0.717) is 12.3 Å². The molecular formula is C19H29BrN4O. The van der Waals surface area contributed by atoms with Crippen LogP contribution in [0.3, 0.4) is 0 Å². The van der Waals surface area contributed by atoms with Crippen molar-refractivity contribution in [3.63, 3.8) is 0 Å². The van der Waals surface area contributed by atoms with Gasteiger partial charge in [-0.05, 0) is 36.5 Å². The zero-order valence-corrected chi connectivity index (χ0v) is 17.0. The molecule has 25 heavy (non-hydrogen) atoms. The van der Waals surface area contributed by atoms with Crippen LogP contribution >= 0.6 is 15.9 Å². The van der Waals surface area contributed by atoms with Gasteiger partial charge in [0.25, 0.3) is 0 Å². The van der Waals surface area contributed by atoms with Gasteiger partial charge in [-0.15, -0.1) is 0 Å². The molecule has 1 atom stereocenters. The van der Waals surface area contributed by atoms with Gasteiger partial charge in [-0.25, -0.2) is 0 Å². The molecule has 0 aromatic heterocycles. The molecule has 1 unspecified atom stereocenters. The van der Waals surface area contributed by atoms with Crippen molar-refractivity contribution in [2.24, 2.45) is 16.6 Å². The molecule has 3 N–H and O–H groups in total. The van der Waals surface area contributed by atoms with Crippen LogP contribution in [0.2, 0.25) is 0 Å². The molecule has 0 radical (unpaired) electrons. The highest BCUT2D eigenvalue weighted by Crippen LogP contribution is 2.25. The second-order valence-electron chi connectivity index (χ2n) is 7.42. The van der Waals surface area contributed by atoms with Gasteiger partial charge in [0.05, 0.1) is 0 Å². The molecule has 2 rings (SSSR count). The number of primary amides is 1. The lowest BCUT2D eigenvalue weighted by molar-refractivity contribution is -0.119. The number of benzene rings is 1. The van der Waals surface area contributed by atoms with E-state index >= 15 is 0 Å². The average molecular weight is 409 g/mol. The van der Waals surface area contributed by atoms with Gasteiger partial charge in [-0.3, -0.25) is 9.79 Å². The maximum absolute atomic E-state index is 11.2. The zero-order chi connectivity index (χ0) is 18.4. The summed E-state index contributed by atoms with van der Waals surface area (Å²) in [5.74, 6) is 1.01. The van der Waals surface area contributed by atoms with Gasteiger partial charge in [0.1, 0.15) is 0 Å². The molecule has 0 saturated carbocycles. The lowest BCUT2D eigenvalue weighted by atomic mass is 9.84. The van der Waals surface area contributed by atoms with Crippen molar-refractivity contribution in [1.82, 2.24) is 10.2 Å². The summed E-state index contributed by atoms with van der Waals surface area (Å²) in [7, 11) is 1.81. The predicted molar refractivity (Wildman–Crippen MR) is 107 cm³/mol. The first-order chi connectivity index (χ1) is 11.8. The number of carbonyl (C=O) groups is 1. The van der Waals surface area contributed by atoms with Crippen LogP contribution in [0.25, 0.3) is 0 Å². The van der Waals surface area contributed by atoms with Gasteiger partial charge in [0.15, 0.2) is 5.96 Å². The topological polar surface area (TPSA) is 70.7 Å². The Kier molecular flexibility index (Phi) is 6.87. The van der Waals surface area contributed by atoms with Gasteiger partial charge in [-0.2, -0.15) is 0 Å². The fourth-order valence-electron chi connectivity index (χ4n) is 3.35. The number of halogens is 1. The average Bonchev–Trinajstić information content (AvgIpc) is 2.55. The van der Waals surface area contributed by atoms with Gasteiger partial charge in [0.2, 0.25) is 5.91 Å². The highest BCUT2D eigenvalue weighted by Gasteiger charge is 2.26. The minimum atomic E-state index is -0.217. The molecule has 1 aliphatic heterocycles. The van der Waals surface area contributed by atoms with Crippen LogP contribution in [0.15, 0.2) is 33.7 Å². The molecule has 5 nitrogen and oxygen atoms in total.